The lowest BCUT2D eigenvalue weighted by Crippen LogP contribution is -2.17. The Balaban J connectivity index is 3.11. The quantitative estimate of drug-likeness (QED) is 0.418. The lowest BCUT2D eigenvalue weighted by molar-refractivity contribution is 0.440. The van der Waals surface area contributed by atoms with E-state index in [2.05, 4.69) is 54.5 Å². The van der Waals surface area contributed by atoms with Crippen LogP contribution in [0.25, 0.3) is 0 Å². The number of phenolic OH excluding ortho intramolecular Hbond substituents is 1. The normalized spacial score (nSPS) is 12.8. The smallest absolute Gasteiger partial charge is 0.122 e. The van der Waals surface area contributed by atoms with Gasteiger partial charge in [-0.1, -0.05) is 58.6 Å². The van der Waals surface area contributed by atoms with Gasteiger partial charge in [0.1, 0.15) is 5.75 Å². The lowest BCUT2D eigenvalue weighted by atomic mass is 9.78. The van der Waals surface area contributed by atoms with Crippen LogP contribution in [0.2, 0.25) is 0 Å². The van der Waals surface area contributed by atoms with E-state index in [0.717, 1.165) is 17.5 Å². The molecule has 24 heavy (non-hydrogen) atoms. The summed E-state index contributed by atoms with van der Waals surface area (Å²) in [6, 6.07) is 0. The minimum Gasteiger partial charge on any atom is -0.507 e. The van der Waals surface area contributed by atoms with Gasteiger partial charge in [-0.05, 0) is 74.6 Å². The molecule has 0 fully saturated rings. The molecule has 0 spiro atoms. The van der Waals surface area contributed by atoms with Crippen molar-refractivity contribution in [3.63, 3.8) is 0 Å². The SMILES string of the molecule is CCCCCC/C(C)=C/Cc1c(C)c(C)c(C)c(O)c1C(C)(C)C. The summed E-state index contributed by atoms with van der Waals surface area (Å²) in [7, 11) is 0. The minimum absolute atomic E-state index is 0.0501. The molecule has 0 saturated heterocycles. The van der Waals surface area contributed by atoms with Crippen LogP contribution in [0.3, 0.4) is 0 Å². The first-order valence-electron chi connectivity index (χ1n) is 9.58. The first-order valence-corrected chi connectivity index (χ1v) is 9.58. The molecule has 0 amide bonds. The molecule has 1 aromatic carbocycles. The number of hydrogen-bond donors (Lipinski definition) is 1. The molecule has 1 heteroatoms. The Kier molecular flexibility index (Phi) is 7.57. The van der Waals surface area contributed by atoms with Crippen LogP contribution in [0.1, 0.15) is 94.5 Å². The third kappa shape index (κ3) is 5.13. The van der Waals surface area contributed by atoms with Gasteiger partial charge in [-0.15, -0.1) is 0 Å². The van der Waals surface area contributed by atoms with Gasteiger partial charge < -0.3 is 5.11 Å². The van der Waals surface area contributed by atoms with Gasteiger partial charge in [-0.2, -0.15) is 0 Å². The van der Waals surface area contributed by atoms with Gasteiger partial charge in [0.15, 0.2) is 0 Å². The van der Waals surface area contributed by atoms with Crippen molar-refractivity contribution < 1.29 is 5.11 Å². The number of hydrogen-bond acceptors (Lipinski definition) is 1. The van der Waals surface area contributed by atoms with Crippen LogP contribution in [-0.4, -0.2) is 5.11 Å². The molecule has 0 aliphatic rings. The van der Waals surface area contributed by atoms with Crippen molar-refractivity contribution in [1.29, 1.82) is 0 Å². The number of unbranched alkanes of at least 4 members (excludes halogenated alkanes) is 3. The van der Waals surface area contributed by atoms with Crippen molar-refractivity contribution >= 4 is 0 Å². The highest BCUT2D eigenvalue weighted by atomic mass is 16.3. The standard InChI is InChI=1S/C23H38O/c1-9-10-11-12-13-16(2)14-15-20-18(4)17(3)19(5)22(24)21(20)23(6,7)8/h14,24H,9-13,15H2,1-8H3/b16-14+. The van der Waals surface area contributed by atoms with E-state index in [4.69, 9.17) is 0 Å². The molecule has 136 valence electrons. The van der Waals surface area contributed by atoms with Crippen molar-refractivity contribution in [3.05, 3.63) is 39.5 Å². The molecule has 0 saturated carbocycles. The highest BCUT2D eigenvalue weighted by Crippen LogP contribution is 2.40. The summed E-state index contributed by atoms with van der Waals surface area (Å²) in [5.41, 5.74) is 7.46. The third-order valence-electron chi connectivity index (χ3n) is 5.30. The average molecular weight is 331 g/mol. The second kappa shape index (κ2) is 8.74. The van der Waals surface area contributed by atoms with Crippen molar-refractivity contribution in [1.82, 2.24) is 0 Å². The Hall–Kier alpha value is -1.24. The molecule has 0 bridgehead atoms. The van der Waals surface area contributed by atoms with Crippen molar-refractivity contribution in [2.24, 2.45) is 0 Å². The first kappa shape index (κ1) is 20.8. The summed E-state index contributed by atoms with van der Waals surface area (Å²) in [5, 5.41) is 10.8. The fourth-order valence-electron chi connectivity index (χ4n) is 3.48. The maximum atomic E-state index is 10.8. The van der Waals surface area contributed by atoms with E-state index in [9.17, 15) is 5.11 Å². The predicted octanol–water partition coefficient (Wildman–Crippen LogP) is 7.07. The van der Waals surface area contributed by atoms with Gasteiger partial charge in [0.25, 0.3) is 0 Å². The molecule has 0 unspecified atom stereocenters. The summed E-state index contributed by atoms with van der Waals surface area (Å²) in [6.07, 6.45) is 9.74. The van der Waals surface area contributed by atoms with E-state index in [1.54, 1.807) is 0 Å². The second-order valence-corrected chi connectivity index (χ2v) is 8.39. The molecule has 1 nitrogen and oxygen atoms in total. The van der Waals surface area contributed by atoms with E-state index < -0.39 is 0 Å². The summed E-state index contributed by atoms with van der Waals surface area (Å²) < 4.78 is 0. The molecule has 0 aliphatic carbocycles. The summed E-state index contributed by atoms with van der Waals surface area (Å²) in [4.78, 5) is 0. The van der Waals surface area contributed by atoms with Gasteiger partial charge in [-0.25, -0.2) is 0 Å². The Bertz CT molecular complexity index is 585. The number of phenols is 1. The van der Waals surface area contributed by atoms with E-state index >= 15 is 0 Å². The number of benzene rings is 1. The molecule has 1 N–H and O–H groups in total. The number of aromatic hydroxyl groups is 1. The maximum absolute atomic E-state index is 10.8. The molecule has 1 rings (SSSR count). The van der Waals surface area contributed by atoms with Crippen LogP contribution in [0, 0.1) is 20.8 Å². The van der Waals surface area contributed by atoms with E-state index in [1.165, 1.54) is 54.4 Å². The topological polar surface area (TPSA) is 20.2 Å². The van der Waals surface area contributed by atoms with Crippen LogP contribution in [0.5, 0.6) is 5.75 Å². The fraction of sp³-hybridized carbons (Fsp3) is 0.652. The molecular weight excluding hydrogens is 292 g/mol. The number of rotatable bonds is 7. The van der Waals surface area contributed by atoms with Gasteiger partial charge in [0.05, 0.1) is 0 Å². The number of allylic oxidation sites excluding steroid dienone is 2. The van der Waals surface area contributed by atoms with Gasteiger partial charge in [-0.3, -0.25) is 0 Å². The molecule has 0 aliphatic heterocycles. The van der Waals surface area contributed by atoms with Crippen LogP contribution in [0.15, 0.2) is 11.6 Å². The monoisotopic (exact) mass is 330 g/mol. The molecule has 1 aromatic rings. The average Bonchev–Trinajstić information content (AvgIpc) is 2.50. The molecule has 0 heterocycles. The van der Waals surface area contributed by atoms with Crippen molar-refractivity contribution in [2.75, 3.05) is 0 Å². The van der Waals surface area contributed by atoms with E-state index in [-0.39, 0.29) is 5.41 Å². The van der Waals surface area contributed by atoms with Crippen LogP contribution in [0.4, 0.5) is 0 Å². The second-order valence-electron chi connectivity index (χ2n) is 8.39. The van der Waals surface area contributed by atoms with E-state index in [1.807, 2.05) is 6.92 Å². The Morgan fingerprint density at radius 1 is 0.958 bits per heavy atom. The van der Waals surface area contributed by atoms with Gasteiger partial charge in [0.2, 0.25) is 0 Å². The fourth-order valence-corrected chi connectivity index (χ4v) is 3.48. The highest BCUT2D eigenvalue weighted by molar-refractivity contribution is 5.57. The van der Waals surface area contributed by atoms with Crippen LogP contribution in [-0.2, 0) is 11.8 Å². The van der Waals surface area contributed by atoms with Crippen molar-refractivity contribution in [3.8, 4) is 5.75 Å². The molecule has 0 aromatic heterocycles. The Morgan fingerprint density at radius 2 is 1.58 bits per heavy atom. The summed E-state index contributed by atoms with van der Waals surface area (Å²) >= 11 is 0. The van der Waals surface area contributed by atoms with Crippen molar-refractivity contribution in [2.45, 2.75) is 99.3 Å². The first-order chi connectivity index (χ1) is 11.1. The Labute approximate surface area is 150 Å². The third-order valence-corrected chi connectivity index (χ3v) is 5.30. The maximum Gasteiger partial charge on any atom is 0.122 e. The summed E-state index contributed by atoms with van der Waals surface area (Å²) in [5.74, 6) is 0.495. The molecular formula is C23H38O. The predicted molar refractivity (Wildman–Crippen MR) is 107 cm³/mol. The minimum atomic E-state index is -0.0501. The zero-order valence-electron chi connectivity index (χ0n) is 17.3. The largest absolute Gasteiger partial charge is 0.507 e. The molecule has 0 atom stereocenters. The van der Waals surface area contributed by atoms with Gasteiger partial charge >= 0.3 is 0 Å². The van der Waals surface area contributed by atoms with Crippen LogP contribution < -0.4 is 0 Å². The Morgan fingerprint density at radius 3 is 2.12 bits per heavy atom. The zero-order chi connectivity index (χ0) is 18.5. The summed E-state index contributed by atoms with van der Waals surface area (Å²) in [6.45, 7) is 17.5. The lowest BCUT2D eigenvalue weighted by Gasteiger charge is -2.28. The molecule has 0 radical (unpaired) electrons. The highest BCUT2D eigenvalue weighted by Gasteiger charge is 2.25. The van der Waals surface area contributed by atoms with Crippen LogP contribution >= 0.6 is 0 Å². The zero-order valence-corrected chi connectivity index (χ0v) is 17.3. The van der Waals surface area contributed by atoms with Gasteiger partial charge in [0, 0.05) is 5.56 Å². The van der Waals surface area contributed by atoms with E-state index in [0.29, 0.717) is 5.75 Å².